The molecule has 1 aromatic carbocycles. The molecule has 0 saturated heterocycles. The van der Waals surface area contributed by atoms with Crippen LogP contribution >= 0.6 is 11.6 Å². The van der Waals surface area contributed by atoms with Crippen LogP contribution in [-0.4, -0.2) is 0 Å². The van der Waals surface area contributed by atoms with Gasteiger partial charge in [0.25, 0.3) is 0 Å². The highest BCUT2D eigenvalue weighted by Gasteiger charge is 2.04. The number of halogens is 1. The van der Waals surface area contributed by atoms with Crippen molar-refractivity contribution in [3.05, 3.63) is 47.0 Å². The third-order valence-corrected chi connectivity index (χ3v) is 2.31. The van der Waals surface area contributed by atoms with Crippen LogP contribution < -0.4 is 0 Å². The first-order valence-electron chi connectivity index (χ1n) is 4.01. The van der Waals surface area contributed by atoms with E-state index in [4.69, 9.17) is 16.9 Å². The van der Waals surface area contributed by atoms with Gasteiger partial charge in [-0.2, -0.15) is 5.26 Å². The molecule has 1 atom stereocenters. The summed E-state index contributed by atoms with van der Waals surface area (Å²) in [4.78, 5) is 0. The van der Waals surface area contributed by atoms with Gasteiger partial charge < -0.3 is 0 Å². The van der Waals surface area contributed by atoms with Crippen LogP contribution in [0.25, 0.3) is 0 Å². The van der Waals surface area contributed by atoms with Crippen LogP contribution in [0.5, 0.6) is 0 Å². The molecule has 13 heavy (non-hydrogen) atoms. The molecule has 2 heteroatoms. The van der Waals surface area contributed by atoms with Gasteiger partial charge in [0.05, 0.1) is 10.6 Å². The average molecular weight is 192 g/mol. The Morgan fingerprint density at radius 1 is 1.62 bits per heavy atom. The number of nitrogens with zero attached hydrogens (tertiary/aromatic N) is 1. The van der Waals surface area contributed by atoms with Crippen LogP contribution in [0.2, 0.25) is 5.02 Å². The lowest BCUT2D eigenvalue weighted by Crippen LogP contribution is -1.89. The Hall–Kier alpha value is -1.26. The maximum absolute atomic E-state index is 8.65. The largest absolute Gasteiger partial charge is 0.192 e. The first-order valence-corrected chi connectivity index (χ1v) is 4.39. The summed E-state index contributed by atoms with van der Waals surface area (Å²) in [6.07, 6.45) is 1.84. The zero-order chi connectivity index (χ0) is 9.84. The molecule has 0 aromatic heterocycles. The molecular formula is C11H10ClN. The molecule has 1 unspecified atom stereocenters. The van der Waals surface area contributed by atoms with Crippen LogP contribution in [0, 0.1) is 11.3 Å². The Morgan fingerprint density at radius 2 is 2.31 bits per heavy atom. The van der Waals surface area contributed by atoms with Crippen molar-refractivity contribution in [2.75, 3.05) is 0 Å². The smallest absolute Gasteiger partial charge is 0.101 e. The molecular weight excluding hydrogens is 182 g/mol. The highest BCUT2D eigenvalue weighted by molar-refractivity contribution is 6.31. The highest BCUT2D eigenvalue weighted by Crippen LogP contribution is 2.22. The van der Waals surface area contributed by atoms with Crippen molar-refractivity contribution < 1.29 is 0 Å². The van der Waals surface area contributed by atoms with Gasteiger partial charge in [0.2, 0.25) is 0 Å². The third kappa shape index (κ3) is 2.11. The van der Waals surface area contributed by atoms with E-state index >= 15 is 0 Å². The van der Waals surface area contributed by atoms with Gasteiger partial charge in [-0.15, -0.1) is 6.58 Å². The van der Waals surface area contributed by atoms with Gasteiger partial charge in [0, 0.05) is 0 Å². The minimum absolute atomic E-state index is 0.269. The maximum atomic E-state index is 8.65. The Labute approximate surface area is 83.3 Å². The van der Waals surface area contributed by atoms with E-state index in [9.17, 15) is 0 Å². The van der Waals surface area contributed by atoms with Gasteiger partial charge in [0.1, 0.15) is 6.07 Å². The molecule has 0 bridgehead atoms. The molecule has 0 fully saturated rings. The van der Waals surface area contributed by atoms with E-state index in [1.807, 2.05) is 31.2 Å². The topological polar surface area (TPSA) is 23.8 Å². The SMILES string of the molecule is C=CC(C)c1ccc(C#N)c(Cl)c1. The molecule has 0 heterocycles. The van der Waals surface area contributed by atoms with Crippen molar-refractivity contribution in [1.29, 1.82) is 5.26 Å². The predicted octanol–water partition coefficient (Wildman–Crippen LogP) is 3.50. The number of hydrogen-bond acceptors (Lipinski definition) is 1. The Kier molecular flexibility index (Phi) is 3.11. The molecule has 0 amide bonds. The molecule has 0 aliphatic heterocycles. The molecule has 1 aromatic rings. The van der Waals surface area contributed by atoms with E-state index in [-0.39, 0.29) is 5.92 Å². The molecule has 1 rings (SSSR count). The molecule has 0 aliphatic carbocycles. The molecule has 1 nitrogen and oxygen atoms in total. The third-order valence-electron chi connectivity index (χ3n) is 1.99. The van der Waals surface area contributed by atoms with Crippen molar-refractivity contribution in [3.8, 4) is 6.07 Å². The van der Waals surface area contributed by atoms with Gasteiger partial charge in [0.15, 0.2) is 0 Å². The average Bonchev–Trinajstić information content (AvgIpc) is 2.16. The molecule has 0 aliphatic rings. The highest BCUT2D eigenvalue weighted by atomic mass is 35.5. The Morgan fingerprint density at radius 3 is 2.77 bits per heavy atom. The van der Waals surface area contributed by atoms with Crippen molar-refractivity contribution in [2.45, 2.75) is 12.8 Å². The lowest BCUT2D eigenvalue weighted by Gasteiger charge is -2.06. The number of rotatable bonds is 2. The van der Waals surface area contributed by atoms with E-state index in [1.54, 1.807) is 6.07 Å². The fourth-order valence-corrected chi connectivity index (χ4v) is 1.27. The van der Waals surface area contributed by atoms with E-state index in [1.165, 1.54) is 0 Å². The fraction of sp³-hybridized carbons (Fsp3) is 0.182. The fourth-order valence-electron chi connectivity index (χ4n) is 1.04. The number of benzene rings is 1. The maximum Gasteiger partial charge on any atom is 0.101 e. The van der Waals surface area contributed by atoms with Crippen LogP contribution in [0.1, 0.15) is 24.0 Å². The lowest BCUT2D eigenvalue weighted by molar-refractivity contribution is 0.971. The van der Waals surface area contributed by atoms with E-state index in [0.29, 0.717) is 10.6 Å². The summed E-state index contributed by atoms with van der Waals surface area (Å²) in [5.41, 5.74) is 1.60. The second kappa shape index (κ2) is 4.11. The van der Waals surface area contributed by atoms with Gasteiger partial charge in [-0.3, -0.25) is 0 Å². The number of allylic oxidation sites excluding steroid dienone is 1. The normalized spacial score (nSPS) is 11.8. The van der Waals surface area contributed by atoms with Crippen LogP contribution in [-0.2, 0) is 0 Å². The zero-order valence-corrected chi connectivity index (χ0v) is 8.17. The Bertz CT molecular complexity index is 363. The first-order chi connectivity index (χ1) is 6.19. The molecule has 66 valence electrons. The zero-order valence-electron chi connectivity index (χ0n) is 7.42. The van der Waals surface area contributed by atoms with Crippen LogP contribution in [0.3, 0.4) is 0 Å². The standard InChI is InChI=1S/C11H10ClN/c1-3-8(2)9-4-5-10(7-13)11(12)6-9/h3-6,8H,1H2,2H3. The summed E-state index contributed by atoms with van der Waals surface area (Å²) in [6.45, 7) is 5.73. The molecule has 0 N–H and O–H groups in total. The molecule has 0 saturated carbocycles. The predicted molar refractivity (Wildman–Crippen MR) is 54.8 cm³/mol. The van der Waals surface area contributed by atoms with E-state index in [2.05, 4.69) is 6.58 Å². The lowest BCUT2D eigenvalue weighted by atomic mass is 10.0. The van der Waals surface area contributed by atoms with Gasteiger partial charge >= 0.3 is 0 Å². The quantitative estimate of drug-likeness (QED) is 0.657. The minimum atomic E-state index is 0.269. The van der Waals surface area contributed by atoms with Crippen LogP contribution in [0.4, 0.5) is 0 Å². The Balaban J connectivity index is 3.11. The van der Waals surface area contributed by atoms with Gasteiger partial charge in [-0.1, -0.05) is 30.7 Å². The minimum Gasteiger partial charge on any atom is -0.192 e. The molecule has 0 spiro atoms. The monoisotopic (exact) mass is 191 g/mol. The van der Waals surface area contributed by atoms with Gasteiger partial charge in [-0.25, -0.2) is 0 Å². The summed E-state index contributed by atoms with van der Waals surface area (Å²) in [7, 11) is 0. The summed E-state index contributed by atoms with van der Waals surface area (Å²) < 4.78 is 0. The first kappa shape index (κ1) is 9.83. The summed E-state index contributed by atoms with van der Waals surface area (Å²) in [5, 5.41) is 9.16. The molecule has 0 radical (unpaired) electrons. The van der Waals surface area contributed by atoms with Crippen molar-refractivity contribution in [3.63, 3.8) is 0 Å². The van der Waals surface area contributed by atoms with Crippen molar-refractivity contribution >= 4 is 11.6 Å². The second-order valence-electron chi connectivity index (χ2n) is 2.88. The summed E-state index contributed by atoms with van der Waals surface area (Å²) in [6, 6.07) is 7.47. The van der Waals surface area contributed by atoms with Gasteiger partial charge in [-0.05, 0) is 23.6 Å². The van der Waals surface area contributed by atoms with E-state index in [0.717, 1.165) is 5.56 Å². The summed E-state index contributed by atoms with van der Waals surface area (Å²) in [5.74, 6) is 0.269. The number of nitriles is 1. The van der Waals surface area contributed by atoms with Crippen molar-refractivity contribution in [2.24, 2.45) is 0 Å². The summed E-state index contributed by atoms with van der Waals surface area (Å²) >= 11 is 5.87. The van der Waals surface area contributed by atoms with E-state index < -0.39 is 0 Å². The van der Waals surface area contributed by atoms with Crippen LogP contribution in [0.15, 0.2) is 30.9 Å². The van der Waals surface area contributed by atoms with Crippen molar-refractivity contribution in [1.82, 2.24) is 0 Å². The second-order valence-corrected chi connectivity index (χ2v) is 3.28. The number of hydrogen-bond donors (Lipinski definition) is 0.